The number of carbonyl (C=O) groups is 1. The predicted octanol–water partition coefficient (Wildman–Crippen LogP) is 3.36. The van der Waals surface area contributed by atoms with Crippen LogP contribution in [0.5, 0.6) is 0 Å². The molecule has 0 radical (unpaired) electrons. The second-order valence-electron chi connectivity index (χ2n) is 5.06. The van der Waals surface area contributed by atoms with E-state index < -0.39 is 5.97 Å². The van der Waals surface area contributed by atoms with Gasteiger partial charge in [-0.2, -0.15) is 0 Å². The molecule has 0 aliphatic rings. The maximum absolute atomic E-state index is 10.9. The summed E-state index contributed by atoms with van der Waals surface area (Å²) in [4.78, 5) is 16.1. The molecule has 0 bridgehead atoms. The van der Waals surface area contributed by atoms with Crippen molar-refractivity contribution in [1.82, 2.24) is 14.6 Å². The first-order valence-corrected chi connectivity index (χ1v) is 7.97. The summed E-state index contributed by atoms with van der Waals surface area (Å²) in [5, 5.41) is 17.4. The summed E-state index contributed by atoms with van der Waals surface area (Å²) >= 11 is 1.44. The lowest BCUT2D eigenvalue weighted by molar-refractivity contribution is 0.0697. The number of furan rings is 1. The highest BCUT2D eigenvalue weighted by Gasteiger charge is 2.12. The second-order valence-corrected chi connectivity index (χ2v) is 6.02. The number of carboxylic acid groups (broad SMARTS) is 1. The molecule has 0 fully saturated rings. The van der Waals surface area contributed by atoms with Crippen molar-refractivity contribution in [3.8, 4) is 11.3 Å². The molecule has 0 unspecified atom stereocenters. The first-order chi connectivity index (χ1) is 11.7. The Balaban J connectivity index is 1.60. The van der Waals surface area contributed by atoms with Gasteiger partial charge in [0.1, 0.15) is 5.76 Å². The van der Waals surface area contributed by atoms with Crippen molar-refractivity contribution in [3.63, 3.8) is 0 Å². The maximum Gasteiger partial charge on any atom is 0.335 e. The molecule has 8 heteroatoms. The Labute approximate surface area is 140 Å². The van der Waals surface area contributed by atoms with E-state index in [4.69, 9.17) is 9.52 Å². The van der Waals surface area contributed by atoms with Crippen LogP contribution in [0.2, 0.25) is 0 Å². The average Bonchev–Trinajstić information content (AvgIpc) is 3.30. The summed E-state index contributed by atoms with van der Waals surface area (Å²) in [5.41, 5.74) is 1.92. The minimum Gasteiger partial charge on any atom is -0.478 e. The number of anilines is 1. The molecule has 0 spiro atoms. The van der Waals surface area contributed by atoms with Crippen LogP contribution in [0.15, 0.2) is 53.3 Å². The molecule has 4 rings (SSSR count). The first-order valence-electron chi connectivity index (χ1n) is 7.15. The van der Waals surface area contributed by atoms with Crippen molar-refractivity contribution in [2.24, 2.45) is 0 Å². The Morgan fingerprint density at radius 3 is 2.83 bits per heavy atom. The van der Waals surface area contributed by atoms with Gasteiger partial charge in [0.05, 0.1) is 30.3 Å². The number of hydrogen-bond donors (Lipinski definition) is 2. The molecule has 2 N–H and O–H groups in total. The van der Waals surface area contributed by atoms with Crippen LogP contribution in [-0.4, -0.2) is 25.7 Å². The van der Waals surface area contributed by atoms with Gasteiger partial charge in [-0.15, -0.1) is 5.10 Å². The number of carboxylic acids is 1. The fourth-order valence-electron chi connectivity index (χ4n) is 2.32. The minimum atomic E-state index is -0.946. The molecule has 0 saturated heterocycles. The van der Waals surface area contributed by atoms with Gasteiger partial charge in [0, 0.05) is 5.56 Å². The van der Waals surface area contributed by atoms with E-state index in [1.165, 1.54) is 11.3 Å². The number of aromatic nitrogens is 3. The van der Waals surface area contributed by atoms with Crippen molar-refractivity contribution in [3.05, 3.63) is 60.2 Å². The molecule has 24 heavy (non-hydrogen) atoms. The van der Waals surface area contributed by atoms with Crippen LogP contribution in [0, 0.1) is 0 Å². The number of rotatable bonds is 5. The predicted molar refractivity (Wildman–Crippen MR) is 89.3 cm³/mol. The Morgan fingerprint density at radius 2 is 2.12 bits per heavy atom. The van der Waals surface area contributed by atoms with Crippen LogP contribution in [0.3, 0.4) is 0 Å². The van der Waals surface area contributed by atoms with Crippen LogP contribution < -0.4 is 5.32 Å². The van der Waals surface area contributed by atoms with Gasteiger partial charge in [0.15, 0.2) is 0 Å². The minimum absolute atomic E-state index is 0.249. The zero-order chi connectivity index (χ0) is 16.5. The molecule has 7 nitrogen and oxygen atoms in total. The normalized spacial score (nSPS) is 11.0. The molecule has 4 aromatic rings. The standard InChI is InChI=1S/C16H12N4O3S/c21-14(22)11-5-3-10(4-6-11)13-9-18-16-20(13)19-15(24-16)17-8-12-2-1-7-23-12/h1-7,9H,8H2,(H,17,19)(H,21,22). The quantitative estimate of drug-likeness (QED) is 0.579. The SMILES string of the molecule is O=C(O)c1ccc(-c2cnc3sc(NCc4ccco4)nn23)cc1. The van der Waals surface area contributed by atoms with Gasteiger partial charge in [-0.1, -0.05) is 23.5 Å². The summed E-state index contributed by atoms with van der Waals surface area (Å²) in [5.74, 6) is -0.120. The van der Waals surface area contributed by atoms with Crippen molar-refractivity contribution >= 4 is 27.4 Å². The molecular weight excluding hydrogens is 328 g/mol. The summed E-state index contributed by atoms with van der Waals surface area (Å²) in [6.07, 6.45) is 3.36. The molecular formula is C16H12N4O3S. The van der Waals surface area contributed by atoms with E-state index >= 15 is 0 Å². The van der Waals surface area contributed by atoms with E-state index in [2.05, 4.69) is 15.4 Å². The molecule has 120 valence electrons. The Bertz CT molecular complexity index is 986. The molecule has 0 saturated carbocycles. The third-order valence-electron chi connectivity index (χ3n) is 3.51. The third-order valence-corrected chi connectivity index (χ3v) is 4.39. The monoisotopic (exact) mass is 340 g/mol. The number of hydrogen-bond acceptors (Lipinski definition) is 6. The lowest BCUT2D eigenvalue weighted by Gasteiger charge is -2.00. The lowest BCUT2D eigenvalue weighted by atomic mass is 10.1. The van der Waals surface area contributed by atoms with E-state index in [-0.39, 0.29) is 5.56 Å². The number of fused-ring (bicyclic) bond motifs is 1. The number of nitrogens with zero attached hydrogens (tertiary/aromatic N) is 3. The summed E-state index contributed by atoms with van der Waals surface area (Å²) < 4.78 is 7.02. The average molecular weight is 340 g/mol. The van der Waals surface area contributed by atoms with Crippen molar-refractivity contribution in [2.45, 2.75) is 6.54 Å². The van der Waals surface area contributed by atoms with E-state index in [0.29, 0.717) is 6.54 Å². The van der Waals surface area contributed by atoms with E-state index in [9.17, 15) is 4.79 Å². The molecule has 0 atom stereocenters. The molecule has 1 aromatic carbocycles. The first kappa shape index (κ1) is 14.5. The number of imidazole rings is 1. The zero-order valence-corrected chi connectivity index (χ0v) is 13.2. The van der Waals surface area contributed by atoms with Gasteiger partial charge in [-0.25, -0.2) is 14.3 Å². The zero-order valence-electron chi connectivity index (χ0n) is 12.3. The third kappa shape index (κ3) is 2.63. The van der Waals surface area contributed by atoms with Gasteiger partial charge in [-0.05, 0) is 24.3 Å². The Hall–Kier alpha value is -3.13. The topological polar surface area (TPSA) is 92.7 Å². The Kier molecular flexibility index (Phi) is 3.51. The van der Waals surface area contributed by atoms with Gasteiger partial charge >= 0.3 is 5.97 Å². The molecule has 3 heterocycles. The summed E-state index contributed by atoms with van der Waals surface area (Å²) in [6, 6.07) is 10.4. The van der Waals surface area contributed by atoms with Crippen molar-refractivity contribution in [2.75, 3.05) is 5.32 Å². The largest absolute Gasteiger partial charge is 0.478 e. The maximum atomic E-state index is 10.9. The van der Waals surface area contributed by atoms with E-state index in [1.54, 1.807) is 41.2 Å². The number of nitrogens with one attached hydrogen (secondary N) is 1. The van der Waals surface area contributed by atoms with E-state index in [1.807, 2.05) is 12.1 Å². The van der Waals surface area contributed by atoms with Crippen LogP contribution in [0.4, 0.5) is 5.13 Å². The van der Waals surface area contributed by atoms with Gasteiger partial charge in [0.2, 0.25) is 10.1 Å². The van der Waals surface area contributed by atoms with Gasteiger partial charge < -0.3 is 14.8 Å². The van der Waals surface area contributed by atoms with Crippen molar-refractivity contribution in [1.29, 1.82) is 0 Å². The van der Waals surface area contributed by atoms with Crippen LogP contribution in [0.25, 0.3) is 16.2 Å². The van der Waals surface area contributed by atoms with Crippen LogP contribution >= 0.6 is 11.3 Å². The van der Waals surface area contributed by atoms with Crippen LogP contribution in [0.1, 0.15) is 16.1 Å². The number of aromatic carboxylic acids is 1. The van der Waals surface area contributed by atoms with Gasteiger partial charge in [-0.3, -0.25) is 0 Å². The van der Waals surface area contributed by atoms with Crippen LogP contribution in [-0.2, 0) is 6.54 Å². The second kappa shape index (κ2) is 5.82. The fraction of sp³-hybridized carbons (Fsp3) is 0.0625. The lowest BCUT2D eigenvalue weighted by Crippen LogP contribution is -1.99. The Morgan fingerprint density at radius 1 is 1.29 bits per heavy atom. The molecule has 0 aliphatic carbocycles. The summed E-state index contributed by atoms with van der Waals surface area (Å²) in [6.45, 7) is 0.548. The number of benzene rings is 1. The smallest absolute Gasteiger partial charge is 0.335 e. The molecule has 0 aliphatic heterocycles. The fourth-order valence-corrected chi connectivity index (χ4v) is 3.09. The van der Waals surface area contributed by atoms with E-state index in [0.717, 1.165) is 27.1 Å². The highest BCUT2D eigenvalue weighted by Crippen LogP contribution is 2.26. The highest BCUT2D eigenvalue weighted by molar-refractivity contribution is 7.20. The summed E-state index contributed by atoms with van der Waals surface area (Å²) in [7, 11) is 0. The highest BCUT2D eigenvalue weighted by atomic mass is 32.1. The molecule has 0 amide bonds. The van der Waals surface area contributed by atoms with Crippen molar-refractivity contribution < 1.29 is 14.3 Å². The van der Waals surface area contributed by atoms with Gasteiger partial charge in [0.25, 0.3) is 0 Å². The molecule has 3 aromatic heterocycles.